The maximum absolute atomic E-state index is 5.36. The molecular weight excluding hydrogens is 200 g/mol. The third-order valence-electron chi connectivity index (χ3n) is 1.41. The second kappa shape index (κ2) is 11.1. The monoisotopic (exact) mass is 222 g/mol. The van der Waals surface area contributed by atoms with Crippen LogP contribution in [0.1, 0.15) is 33.6 Å². The summed E-state index contributed by atoms with van der Waals surface area (Å²) in [6.45, 7) is 7.55. The van der Waals surface area contributed by atoms with E-state index >= 15 is 0 Å². The van der Waals surface area contributed by atoms with Crippen LogP contribution in [0.2, 0.25) is 0 Å². The molecule has 0 amide bonds. The average Bonchev–Trinajstić information content (AvgIpc) is 2.21. The first-order valence-corrected chi connectivity index (χ1v) is 6.43. The smallest absolute Gasteiger partial charge is 0.309 e. The summed E-state index contributed by atoms with van der Waals surface area (Å²) in [6.07, 6.45) is 1.93. The van der Waals surface area contributed by atoms with E-state index in [0.717, 1.165) is 12.8 Å². The zero-order valence-electron chi connectivity index (χ0n) is 9.45. The summed E-state index contributed by atoms with van der Waals surface area (Å²) >= 11 is 0. The Hall–Kier alpha value is 0.0569. The standard InChI is InChI=1S/C9H22O4Si/c1-4-7-10-9(11-8-5-2)13-14-12-6-3/h9H,4-8,14H2,1-3H3. The lowest BCUT2D eigenvalue weighted by Crippen LogP contribution is -2.25. The summed E-state index contributed by atoms with van der Waals surface area (Å²) in [5.74, 6) is 0. The summed E-state index contributed by atoms with van der Waals surface area (Å²) in [7, 11) is -0.942. The molecule has 0 N–H and O–H groups in total. The Morgan fingerprint density at radius 3 is 2.00 bits per heavy atom. The predicted octanol–water partition coefficient (Wildman–Crippen LogP) is 1.18. The molecule has 4 nitrogen and oxygen atoms in total. The Morgan fingerprint density at radius 1 is 1.00 bits per heavy atom. The first-order chi connectivity index (χ1) is 6.85. The first-order valence-electron chi connectivity index (χ1n) is 5.27. The van der Waals surface area contributed by atoms with E-state index in [1.165, 1.54) is 0 Å². The molecule has 0 heterocycles. The van der Waals surface area contributed by atoms with Crippen LogP contribution in [0.4, 0.5) is 0 Å². The van der Waals surface area contributed by atoms with Gasteiger partial charge in [0.2, 0.25) is 0 Å². The third kappa shape index (κ3) is 8.65. The van der Waals surface area contributed by atoms with Crippen molar-refractivity contribution in [2.75, 3.05) is 19.8 Å². The second-order valence-corrected chi connectivity index (χ2v) is 3.78. The van der Waals surface area contributed by atoms with E-state index in [-0.39, 0.29) is 0 Å². The summed E-state index contributed by atoms with van der Waals surface area (Å²) in [5, 5.41) is 0. The van der Waals surface area contributed by atoms with Gasteiger partial charge in [0, 0.05) is 6.61 Å². The zero-order chi connectivity index (χ0) is 10.6. The first kappa shape index (κ1) is 14.1. The van der Waals surface area contributed by atoms with Gasteiger partial charge in [-0.15, -0.1) is 0 Å². The van der Waals surface area contributed by atoms with Crippen LogP contribution in [0.15, 0.2) is 0 Å². The molecule has 0 aliphatic carbocycles. The van der Waals surface area contributed by atoms with Crippen molar-refractivity contribution in [3.63, 3.8) is 0 Å². The van der Waals surface area contributed by atoms with Crippen LogP contribution in [0.3, 0.4) is 0 Å². The third-order valence-corrected chi connectivity index (χ3v) is 2.39. The molecule has 86 valence electrons. The molecule has 0 fully saturated rings. The quantitative estimate of drug-likeness (QED) is 0.316. The highest BCUT2D eigenvalue weighted by atomic mass is 28.3. The van der Waals surface area contributed by atoms with Gasteiger partial charge in [-0.3, -0.25) is 0 Å². The molecule has 0 unspecified atom stereocenters. The molecule has 0 atom stereocenters. The van der Waals surface area contributed by atoms with E-state index in [4.69, 9.17) is 18.3 Å². The second-order valence-electron chi connectivity index (χ2n) is 2.81. The number of hydrogen-bond donors (Lipinski definition) is 0. The molecule has 0 aromatic rings. The number of rotatable bonds is 10. The molecule has 0 rings (SSSR count). The Morgan fingerprint density at radius 2 is 1.57 bits per heavy atom. The van der Waals surface area contributed by atoms with Crippen LogP contribution >= 0.6 is 0 Å². The van der Waals surface area contributed by atoms with Crippen LogP contribution in [0, 0.1) is 0 Å². The van der Waals surface area contributed by atoms with Gasteiger partial charge in [-0.25, -0.2) is 0 Å². The minimum Gasteiger partial charge on any atom is -0.399 e. The van der Waals surface area contributed by atoms with Gasteiger partial charge in [0.1, 0.15) is 0 Å². The van der Waals surface area contributed by atoms with Crippen molar-refractivity contribution in [2.45, 2.75) is 40.1 Å². The highest BCUT2D eigenvalue weighted by Crippen LogP contribution is 1.99. The topological polar surface area (TPSA) is 36.9 Å². The van der Waals surface area contributed by atoms with Crippen molar-refractivity contribution in [3.05, 3.63) is 0 Å². The van der Waals surface area contributed by atoms with E-state index in [9.17, 15) is 0 Å². The van der Waals surface area contributed by atoms with Gasteiger partial charge in [-0.2, -0.15) is 0 Å². The fourth-order valence-electron chi connectivity index (χ4n) is 0.759. The molecular formula is C9H22O4Si. The average molecular weight is 222 g/mol. The Kier molecular flexibility index (Phi) is 11.2. The van der Waals surface area contributed by atoms with Gasteiger partial charge in [0.25, 0.3) is 6.48 Å². The van der Waals surface area contributed by atoms with E-state index in [1.807, 2.05) is 6.92 Å². The van der Waals surface area contributed by atoms with Crippen LogP contribution in [-0.2, 0) is 18.3 Å². The van der Waals surface area contributed by atoms with Crippen LogP contribution in [0.5, 0.6) is 0 Å². The van der Waals surface area contributed by atoms with Crippen LogP contribution in [-0.4, -0.2) is 36.3 Å². The Balaban J connectivity index is 3.49. The number of ether oxygens (including phenoxy) is 2. The van der Waals surface area contributed by atoms with Gasteiger partial charge in [0.05, 0.1) is 13.2 Å². The molecule has 0 bridgehead atoms. The van der Waals surface area contributed by atoms with Crippen molar-refractivity contribution in [2.24, 2.45) is 0 Å². The van der Waals surface area contributed by atoms with E-state index in [1.54, 1.807) is 0 Å². The highest BCUT2D eigenvalue weighted by Gasteiger charge is 2.08. The van der Waals surface area contributed by atoms with E-state index < -0.39 is 16.5 Å². The molecule has 14 heavy (non-hydrogen) atoms. The Labute approximate surface area is 88.9 Å². The van der Waals surface area contributed by atoms with Gasteiger partial charge in [-0.1, -0.05) is 13.8 Å². The SMILES string of the molecule is CCCOC(OCCC)O[SiH2]OCC. The van der Waals surface area contributed by atoms with Crippen molar-refractivity contribution in [3.8, 4) is 0 Å². The molecule has 0 aliphatic heterocycles. The molecule has 0 radical (unpaired) electrons. The van der Waals surface area contributed by atoms with Crippen molar-refractivity contribution in [1.82, 2.24) is 0 Å². The maximum atomic E-state index is 5.36. The molecule has 0 aliphatic rings. The molecule has 5 heteroatoms. The lowest BCUT2D eigenvalue weighted by Gasteiger charge is -2.18. The number of hydrogen-bond acceptors (Lipinski definition) is 4. The van der Waals surface area contributed by atoms with Gasteiger partial charge >= 0.3 is 10.0 Å². The summed E-state index contributed by atoms with van der Waals surface area (Å²) in [6, 6.07) is 0. The zero-order valence-corrected chi connectivity index (χ0v) is 10.9. The molecule has 0 aromatic heterocycles. The lowest BCUT2D eigenvalue weighted by atomic mass is 10.5. The normalized spacial score (nSPS) is 12.0. The van der Waals surface area contributed by atoms with Crippen molar-refractivity contribution < 1.29 is 18.3 Å². The van der Waals surface area contributed by atoms with Crippen LogP contribution < -0.4 is 0 Å². The minimum atomic E-state index is -0.942. The largest absolute Gasteiger partial charge is 0.399 e. The molecule has 0 spiro atoms. The summed E-state index contributed by atoms with van der Waals surface area (Å²) in [4.78, 5) is 0. The van der Waals surface area contributed by atoms with Gasteiger partial charge in [-0.05, 0) is 19.8 Å². The fourth-order valence-corrected chi connectivity index (χ4v) is 1.33. The molecule has 0 saturated heterocycles. The van der Waals surface area contributed by atoms with Crippen molar-refractivity contribution >= 4 is 10.0 Å². The lowest BCUT2D eigenvalue weighted by molar-refractivity contribution is -0.251. The Bertz CT molecular complexity index is 105. The maximum Gasteiger partial charge on any atom is 0.309 e. The van der Waals surface area contributed by atoms with E-state index in [0.29, 0.717) is 19.8 Å². The predicted molar refractivity (Wildman–Crippen MR) is 57.5 cm³/mol. The molecule has 0 aromatic carbocycles. The van der Waals surface area contributed by atoms with Gasteiger partial charge < -0.3 is 18.3 Å². The van der Waals surface area contributed by atoms with E-state index in [2.05, 4.69) is 13.8 Å². The van der Waals surface area contributed by atoms with Gasteiger partial charge in [0.15, 0.2) is 0 Å². The summed E-state index contributed by atoms with van der Waals surface area (Å²) in [5.41, 5.74) is 0. The van der Waals surface area contributed by atoms with Crippen molar-refractivity contribution in [1.29, 1.82) is 0 Å². The summed E-state index contributed by atoms with van der Waals surface area (Å²) < 4.78 is 21.2. The molecule has 0 saturated carbocycles. The van der Waals surface area contributed by atoms with Crippen LogP contribution in [0.25, 0.3) is 0 Å². The minimum absolute atomic E-state index is 0.520. The highest BCUT2D eigenvalue weighted by molar-refractivity contribution is 6.17. The fraction of sp³-hybridized carbons (Fsp3) is 1.00.